The van der Waals surface area contributed by atoms with Gasteiger partial charge in [-0.2, -0.15) is 5.10 Å². The molecule has 1 saturated heterocycles. The van der Waals surface area contributed by atoms with Crippen LogP contribution in [0.15, 0.2) is 6.20 Å². The summed E-state index contributed by atoms with van der Waals surface area (Å²) >= 11 is 6.06. The summed E-state index contributed by atoms with van der Waals surface area (Å²) in [5, 5.41) is 14.9. The van der Waals surface area contributed by atoms with Crippen LogP contribution in [0.3, 0.4) is 0 Å². The van der Waals surface area contributed by atoms with E-state index in [1.54, 1.807) is 10.9 Å². The zero-order valence-electron chi connectivity index (χ0n) is 9.80. The van der Waals surface area contributed by atoms with E-state index in [1.807, 2.05) is 6.92 Å². The molecule has 1 aliphatic heterocycles. The molecule has 0 bridgehead atoms. The number of aliphatic hydroxyl groups is 1. The number of nitrogens with zero attached hydrogens (tertiary/aromatic N) is 2. The normalized spacial score (nSPS) is 22.6. The van der Waals surface area contributed by atoms with E-state index in [2.05, 4.69) is 5.10 Å². The molecule has 1 aromatic heterocycles. The van der Waals surface area contributed by atoms with Crippen molar-refractivity contribution in [3.8, 4) is 0 Å². The highest BCUT2D eigenvalue weighted by Crippen LogP contribution is 2.27. The fourth-order valence-corrected chi connectivity index (χ4v) is 2.17. The second-order valence-corrected chi connectivity index (χ2v) is 4.44. The molecule has 0 radical (unpaired) electrons. The van der Waals surface area contributed by atoms with E-state index < -0.39 is 6.10 Å². The number of halogens is 1. The molecule has 5 nitrogen and oxygen atoms in total. The van der Waals surface area contributed by atoms with Gasteiger partial charge in [0.25, 0.3) is 0 Å². The van der Waals surface area contributed by atoms with Gasteiger partial charge in [-0.3, -0.25) is 4.68 Å². The average molecular weight is 261 g/mol. The fraction of sp³-hybridized carbons (Fsp3) is 0.727. The molecule has 96 valence electrons. The lowest BCUT2D eigenvalue weighted by molar-refractivity contribution is -0.135. The second kappa shape index (κ2) is 5.82. The first kappa shape index (κ1) is 12.8. The van der Waals surface area contributed by atoms with Crippen molar-refractivity contribution in [2.75, 3.05) is 19.8 Å². The summed E-state index contributed by atoms with van der Waals surface area (Å²) in [6.07, 6.45) is 1.32. The van der Waals surface area contributed by atoms with Gasteiger partial charge in [-0.25, -0.2) is 0 Å². The van der Waals surface area contributed by atoms with E-state index in [0.717, 1.165) is 13.0 Å². The van der Waals surface area contributed by atoms with Crippen molar-refractivity contribution in [3.05, 3.63) is 16.9 Å². The van der Waals surface area contributed by atoms with Crippen LogP contribution in [0.1, 0.15) is 25.1 Å². The van der Waals surface area contributed by atoms with Gasteiger partial charge in [0, 0.05) is 6.54 Å². The molecule has 0 aliphatic carbocycles. The summed E-state index contributed by atoms with van der Waals surface area (Å²) in [5.41, 5.74) is 0.615. The minimum atomic E-state index is -0.795. The van der Waals surface area contributed by atoms with Crippen molar-refractivity contribution in [2.45, 2.75) is 32.1 Å². The number of aliphatic hydroxyl groups excluding tert-OH is 1. The van der Waals surface area contributed by atoms with E-state index in [0.29, 0.717) is 30.5 Å². The van der Waals surface area contributed by atoms with E-state index in [9.17, 15) is 5.11 Å². The summed E-state index contributed by atoms with van der Waals surface area (Å²) in [6.45, 7) is 4.24. The van der Waals surface area contributed by atoms with Gasteiger partial charge in [0.15, 0.2) is 0 Å². The van der Waals surface area contributed by atoms with Gasteiger partial charge >= 0.3 is 0 Å². The molecule has 6 heteroatoms. The summed E-state index contributed by atoms with van der Waals surface area (Å²) in [5.74, 6) is 0. The SMILES string of the molecule is CCCn1ncc(Cl)c1C(O)C1COCCO1. The standard InChI is InChI=1S/C11H17ClN2O3/c1-2-3-14-10(8(12)6-13-14)11(15)9-7-16-4-5-17-9/h6,9,11,15H,2-5,7H2,1H3. The van der Waals surface area contributed by atoms with Gasteiger partial charge in [0.05, 0.1) is 36.7 Å². The van der Waals surface area contributed by atoms with Crippen LogP contribution in [0, 0.1) is 0 Å². The maximum atomic E-state index is 10.3. The Hall–Kier alpha value is -0.620. The Morgan fingerprint density at radius 3 is 3.12 bits per heavy atom. The topological polar surface area (TPSA) is 56.5 Å². The molecule has 2 heterocycles. The third-order valence-corrected chi connectivity index (χ3v) is 3.03. The molecule has 1 N–H and O–H groups in total. The average Bonchev–Trinajstić information content (AvgIpc) is 2.71. The Bertz CT molecular complexity index is 364. The van der Waals surface area contributed by atoms with Gasteiger partial charge in [-0.1, -0.05) is 18.5 Å². The number of aromatic nitrogens is 2. The molecule has 0 spiro atoms. The minimum Gasteiger partial charge on any atom is -0.384 e. The lowest BCUT2D eigenvalue weighted by Gasteiger charge is -2.27. The van der Waals surface area contributed by atoms with E-state index in [1.165, 1.54) is 0 Å². The van der Waals surface area contributed by atoms with Crippen LogP contribution in [0.2, 0.25) is 5.02 Å². The highest BCUT2D eigenvalue weighted by Gasteiger charge is 2.29. The lowest BCUT2D eigenvalue weighted by atomic mass is 10.1. The molecule has 0 saturated carbocycles. The zero-order chi connectivity index (χ0) is 12.3. The third-order valence-electron chi connectivity index (χ3n) is 2.74. The number of rotatable bonds is 4. The van der Waals surface area contributed by atoms with Crippen LogP contribution in [0.25, 0.3) is 0 Å². The molecule has 2 unspecified atom stereocenters. The fourth-order valence-electron chi connectivity index (χ4n) is 1.92. The van der Waals surface area contributed by atoms with Crippen LogP contribution in [0.4, 0.5) is 0 Å². The van der Waals surface area contributed by atoms with Crippen LogP contribution in [-0.4, -0.2) is 40.8 Å². The highest BCUT2D eigenvalue weighted by molar-refractivity contribution is 6.31. The summed E-state index contributed by atoms with van der Waals surface area (Å²) in [4.78, 5) is 0. The Morgan fingerprint density at radius 1 is 1.65 bits per heavy atom. The lowest BCUT2D eigenvalue weighted by Crippen LogP contribution is -2.35. The van der Waals surface area contributed by atoms with Gasteiger partial charge in [0.2, 0.25) is 0 Å². The molecular weight excluding hydrogens is 244 g/mol. The maximum absolute atomic E-state index is 10.3. The monoisotopic (exact) mass is 260 g/mol. The van der Waals surface area contributed by atoms with Gasteiger partial charge in [-0.15, -0.1) is 0 Å². The quantitative estimate of drug-likeness (QED) is 0.889. The molecule has 1 aromatic rings. The van der Waals surface area contributed by atoms with E-state index in [4.69, 9.17) is 21.1 Å². The summed E-state index contributed by atoms with van der Waals surface area (Å²) in [6, 6.07) is 0. The minimum absolute atomic E-state index is 0.367. The van der Waals surface area contributed by atoms with Crippen molar-refractivity contribution in [2.24, 2.45) is 0 Å². The van der Waals surface area contributed by atoms with Crippen LogP contribution < -0.4 is 0 Å². The van der Waals surface area contributed by atoms with Crippen molar-refractivity contribution in [1.82, 2.24) is 9.78 Å². The molecule has 2 rings (SSSR count). The Kier molecular flexibility index (Phi) is 4.39. The Morgan fingerprint density at radius 2 is 2.47 bits per heavy atom. The number of ether oxygens (including phenoxy) is 2. The molecule has 0 aromatic carbocycles. The first-order chi connectivity index (χ1) is 8.24. The second-order valence-electron chi connectivity index (χ2n) is 4.03. The predicted molar refractivity (Wildman–Crippen MR) is 63.0 cm³/mol. The molecule has 2 atom stereocenters. The number of aryl methyl sites for hydroxylation is 1. The summed E-state index contributed by atoms with van der Waals surface area (Å²) < 4.78 is 12.5. The molecule has 1 aliphatic rings. The van der Waals surface area contributed by atoms with Gasteiger partial charge in [-0.05, 0) is 6.42 Å². The van der Waals surface area contributed by atoms with Crippen molar-refractivity contribution >= 4 is 11.6 Å². The van der Waals surface area contributed by atoms with Crippen molar-refractivity contribution in [1.29, 1.82) is 0 Å². The molecule has 17 heavy (non-hydrogen) atoms. The van der Waals surface area contributed by atoms with Crippen LogP contribution >= 0.6 is 11.6 Å². The van der Waals surface area contributed by atoms with Crippen molar-refractivity contribution < 1.29 is 14.6 Å². The number of hydrogen-bond donors (Lipinski definition) is 1. The Balaban J connectivity index is 2.16. The smallest absolute Gasteiger partial charge is 0.125 e. The van der Waals surface area contributed by atoms with Gasteiger partial charge < -0.3 is 14.6 Å². The van der Waals surface area contributed by atoms with Gasteiger partial charge in [0.1, 0.15) is 12.2 Å². The first-order valence-corrected chi connectivity index (χ1v) is 6.20. The maximum Gasteiger partial charge on any atom is 0.125 e. The molecule has 0 amide bonds. The van der Waals surface area contributed by atoms with Crippen LogP contribution in [0.5, 0.6) is 0 Å². The molecule has 1 fully saturated rings. The number of hydrogen-bond acceptors (Lipinski definition) is 4. The van der Waals surface area contributed by atoms with E-state index in [-0.39, 0.29) is 6.10 Å². The van der Waals surface area contributed by atoms with Crippen LogP contribution in [-0.2, 0) is 16.0 Å². The highest BCUT2D eigenvalue weighted by atomic mass is 35.5. The largest absolute Gasteiger partial charge is 0.384 e. The first-order valence-electron chi connectivity index (χ1n) is 5.82. The van der Waals surface area contributed by atoms with E-state index >= 15 is 0 Å². The summed E-state index contributed by atoms with van der Waals surface area (Å²) in [7, 11) is 0. The zero-order valence-corrected chi connectivity index (χ0v) is 10.6. The third kappa shape index (κ3) is 2.80. The van der Waals surface area contributed by atoms with Crippen molar-refractivity contribution in [3.63, 3.8) is 0 Å². The molecular formula is C11H17ClN2O3. The predicted octanol–water partition coefficient (Wildman–Crippen LogP) is 1.40. The Labute approximate surface area is 105 Å².